The fourth-order valence-electron chi connectivity index (χ4n) is 2.61. The summed E-state index contributed by atoms with van der Waals surface area (Å²) >= 11 is 0. The summed E-state index contributed by atoms with van der Waals surface area (Å²) in [6.45, 7) is 4.13. The lowest BCUT2D eigenvalue weighted by molar-refractivity contribution is -0.136. The fourth-order valence-corrected chi connectivity index (χ4v) is 2.61. The number of aromatic carboxylic acids is 1. The van der Waals surface area contributed by atoms with Gasteiger partial charge in [-0.3, -0.25) is 9.59 Å². The molecule has 0 saturated carbocycles. The maximum absolute atomic E-state index is 12.1. The van der Waals surface area contributed by atoms with Crippen molar-refractivity contribution in [1.82, 2.24) is 4.90 Å². The van der Waals surface area contributed by atoms with E-state index in [1.54, 1.807) is 24.8 Å². The zero-order chi connectivity index (χ0) is 16.3. The summed E-state index contributed by atoms with van der Waals surface area (Å²) in [5.41, 5.74) is 2.07. The van der Waals surface area contributed by atoms with Crippen LogP contribution in [0.2, 0.25) is 0 Å². The average Bonchev–Trinajstić information content (AvgIpc) is 2.44. The zero-order valence-electron chi connectivity index (χ0n) is 12.8. The van der Waals surface area contributed by atoms with Gasteiger partial charge in [0.25, 0.3) is 0 Å². The number of carbonyl (C=O) groups excluding carboxylic acids is 2. The van der Waals surface area contributed by atoms with Crippen LogP contribution in [0.4, 0.5) is 5.69 Å². The monoisotopic (exact) mass is 304 g/mol. The van der Waals surface area contributed by atoms with Crippen molar-refractivity contribution in [3.8, 4) is 0 Å². The van der Waals surface area contributed by atoms with Crippen molar-refractivity contribution < 1.29 is 19.5 Å². The van der Waals surface area contributed by atoms with Gasteiger partial charge in [0, 0.05) is 18.7 Å². The lowest BCUT2D eigenvalue weighted by Gasteiger charge is -2.26. The number of nitrogens with one attached hydrogen (secondary N) is 1. The Bertz CT molecular complexity index is 625. The van der Waals surface area contributed by atoms with Crippen LogP contribution < -0.4 is 5.32 Å². The number of piperidine rings is 1. The third-order valence-corrected chi connectivity index (χ3v) is 3.83. The summed E-state index contributed by atoms with van der Waals surface area (Å²) < 4.78 is 0. The van der Waals surface area contributed by atoms with Gasteiger partial charge in [0.05, 0.1) is 12.1 Å². The topological polar surface area (TPSA) is 86.7 Å². The Morgan fingerprint density at radius 1 is 1.23 bits per heavy atom. The second kappa shape index (κ2) is 6.60. The fraction of sp³-hybridized carbons (Fsp3) is 0.438. The Labute approximate surface area is 129 Å². The van der Waals surface area contributed by atoms with Crippen LogP contribution in [0.25, 0.3) is 0 Å². The quantitative estimate of drug-likeness (QED) is 0.890. The van der Waals surface area contributed by atoms with Crippen LogP contribution in [0.15, 0.2) is 12.1 Å². The molecule has 0 aromatic heterocycles. The van der Waals surface area contributed by atoms with Crippen LogP contribution in [0.1, 0.15) is 40.7 Å². The summed E-state index contributed by atoms with van der Waals surface area (Å²) in [5, 5.41) is 11.8. The SMILES string of the molecule is Cc1cc(C)c(C(=O)O)cc1NC(=O)CN1CCCCC1=O. The van der Waals surface area contributed by atoms with E-state index in [-0.39, 0.29) is 23.9 Å². The normalized spacial score (nSPS) is 14.8. The van der Waals surface area contributed by atoms with E-state index in [1.807, 2.05) is 0 Å². The largest absolute Gasteiger partial charge is 0.478 e. The van der Waals surface area contributed by atoms with Crippen molar-refractivity contribution in [2.75, 3.05) is 18.4 Å². The van der Waals surface area contributed by atoms with E-state index >= 15 is 0 Å². The molecule has 0 spiro atoms. The second-order valence-electron chi connectivity index (χ2n) is 5.61. The number of carboxylic acids is 1. The molecule has 0 unspecified atom stereocenters. The van der Waals surface area contributed by atoms with Crippen LogP contribution in [-0.4, -0.2) is 40.9 Å². The highest BCUT2D eigenvalue weighted by Gasteiger charge is 2.21. The molecule has 118 valence electrons. The molecule has 2 amide bonds. The lowest BCUT2D eigenvalue weighted by Crippen LogP contribution is -2.40. The van der Waals surface area contributed by atoms with E-state index in [4.69, 9.17) is 5.11 Å². The summed E-state index contributed by atoms with van der Waals surface area (Å²) in [5.74, 6) is -1.34. The van der Waals surface area contributed by atoms with Crippen molar-refractivity contribution in [3.05, 3.63) is 28.8 Å². The van der Waals surface area contributed by atoms with E-state index < -0.39 is 5.97 Å². The third kappa shape index (κ3) is 3.63. The number of likely N-dealkylation sites (tertiary alicyclic amines) is 1. The van der Waals surface area contributed by atoms with Crippen LogP contribution >= 0.6 is 0 Å². The Morgan fingerprint density at radius 2 is 1.95 bits per heavy atom. The molecule has 1 heterocycles. The standard InChI is InChI=1S/C16H20N2O4/c1-10-7-11(2)13(8-12(10)16(21)22)17-14(19)9-18-6-4-3-5-15(18)20/h7-8H,3-6,9H2,1-2H3,(H,17,19)(H,21,22). The second-order valence-corrected chi connectivity index (χ2v) is 5.61. The summed E-state index contributed by atoms with van der Waals surface area (Å²) in [7, 11) is 0. The number of amides is 2. The Hall–Kier alpha value is -2.37. The molecule has 1 aliphatic rings. The van der Waals surface area contributed by atoms with Gasteiger partial charge < -0.3 is 15.3 Å². The number of hydrogen-bond donors (Lipinski definition) is 2. The smallest absolute Gasteiger partial charge is 0.336 e. The van der Waals surface area contributed by atoms with Gasteiger partial charge in [-0.15, -0.1) is 0 Å². The zero-order valence-corrected chi connectivity index (χ0v) is 12.8. The number of aryl methyl sites for hydroxylation is 2. The van der Waals surface area contributed by atoms with Gasteiger partial charge in [-0.2, -0.15) is 0 Å². The first-order valence-electron chi connectivity index (χ1n) is 7.30. The minimum atomic E-state index is -1.03. The van der Waals surface area contributed by atoms with Crippen molar-refractivity contribution in [2.24, 2.45) is 0 Å². The molecular formula is C16H20N2O4. The first-order chi connectivity index (χ1) is 10.4. The number of carbonyl (C=O) groups is 3. The molecule has 0 bridgehead atoms. The number of nitrogens with zero attached hydrogens (tertiary/aromatic N) is 1. The molecule has 0 atom stereocenters. The van der Waals surface area contributed by atoms with Gasteiger partial charge >= 0.3 is 5.97 Å². The van der Waals surface area contributed by atoms with Crippen LogP contribution in [0.3, 0.4) is 0 Å². The van der Waals surface area contributed by atoms with Crippen molar-refractivity contribution in [2.45, 2.75) is 33.1 Å². The summed E-state index contributed by atoms with van der Waals surface area (Å²) in [6.07, 6.45) is 2.27. The van der Waals surface area contributed by atoms with Gasteiger partial charge in [0.15, 0.2) is 0 Å². The molecule has 1 aliphatic heterocycles. The van der Waals surface area contributed by atoms with Crippen LogP contribution in [0, 0.1) is 13.8 Å². The van der Waals surface area contributed by atoms with Crippen molar-refractivity contribution in [1.29, 1.82) is 0 Å². The number of hydrogen-bond acceptors (Lipinski definition) is 3. The van der Waals surface area contributed by atoms with Crippen molar-refractivity contribution >= 4 is 23.5 Å². The average molecular weight is 304 g/mol. The highest BCUT2D eigenvalue weighted by Crippen LogP contribution is 2.21. The maximum atomic E-state index is 12.1. The van der Waals surface area contributed by atoms with E-state index in [9.17, 15) is 14.4 Å². The van der Waals surface area contributed by atoms with Gasteiger partial charge in [0.2, 0.25) is 11.8 Å². The Morgan fingerprint density at radius 3 is 2.59 bits per heavy atom. The highest BCUT2D eigenvalue weighted by atomic mass is 16.4. The minimum absolute atomic E-state index is 0.00625. The molecule has 22 heavy (non-hydrogen) atoms. The van der Waals surface area contributed by atoms with Crippen LogP contribution in [-0.2, 0) is 9.59 Å². The Balaban J connectivity index is 2.09. The first kappa shape index (κ1) is 16.0. The number of rotatable bonds is 4. The number of carboxylic acid groups (broad SMARTS) is 1. The molecule has 0 aliphatic carbocycles. The minimum Gasteiger partial charge on any atom is -0.478 e. The molecule has 1 saturated heterocycles. The lowest BCUT2D eigenvalue weighted by atomic mass is 10.0. The maximum Gasteiger partial charge on any atom is 0.336 e. The van der Waals surface area contributed by atoms with E-state index in [0.717, 1.165) is 18.4 Å². The van der Waals surface area contributed by atoms with E-state index in [0.29, 0.717) is 24.2 Å². The van der Waals surface area contributed by atoms with E-state index in [2.05, 4.69) is 5.32 Å². The molecule has 6 heteroatoms. The summed E-state index contributed by atoms with van der Waals surface area (Å²) in [6, 6.07) is 3.19. The van der Waals surface area contributed by atoms with Crippen molar-refractivity contribution in [3.63, 3.8) is 0 Å². The molecule has 2 N–H and O–H groups in total. The van der Waals surface area contributed by atoms with Gasteiger partial charge in [-0.25, -0.2) is 4.79 Å². The van der Waals surface area contributed by atoms with Gasteiger partial charge in [0.1, 0.15) is 0 Å². The predicted octanol–water partition coefficient (Wildman–Crippen LogP) is 1.95. The molecule has 1 aromatic carbocycles. The van der Waals surface area contributed by atoms with Gasteiger partial charge in [-0.05, 0) is 43.9 Å². The highest BCUT2D eigenvalue weighted by molar-refractivity contribution is 5.97. The van der Waals surface area contributed by atoms with E-state index in [1.165, 1.54) is 6.07 Å². The summed E-state index contributed by atoms with van der Waals surface area (Å²) in [4.78, 5) is 36.5. The molecule has 1 aromatic rings. The van der Waals surface area contributed by atoms with Crippen LogP contribution in [0.5, 0.6) is 0 Å². The predicted molar refractivity (Wildman–Crippen MR) is 81.9 cm³/mol. The molecule has 2 rings (SSSR count). The third-order valence-electron chi connectivity index (χ3n) is 3.83. The number of benzene rings is 1. The van der Waals surface area contributed by atoms with Gasteiger partial charge in [-0.1, -0.05) is 6.07 Å². The molecule has 0 radical (unpaired) electrons. The Kier molecular flexibility index (Phi) is 4.80. The number of anilines is 1. The first-order valence-corrected chi connectivity index (χ1v) is 7.30. The molecular weight excluding hydrogens is 284 g/mol. The molecule has 1 fully saturated rings. The molecule has 6 nitrogen and oxygen atoms in total.